The van der Waals surface area contributed by atoms with E-state index in [2.05, 4.69) is 0 Å². The van der Waals surface area contributed by atoms with Crippen molar-refractivity contribution in [1.82, 2.24) is 5.32 Å². The average Bonchev–Trinajstić information content (AvgIpc) is 2.26. The Labute approximate surface area is 95.0 Å². The zero-order valence-electron chi connectivity index (χ0n) is 8.78. The van der Waals surface area contributed by atoms with Gasteiger partial charge in [0.2, 0.25) is 0 Å². The van der Waals surface area contributed by atoms with Crippen molar-refractivity contribution in [3.63, 3.8) is 0 Å². The molecule has 0 bridgehead atoms. The van der Waals surface area contributed by atoms with E-state index in [0.29, 0.717) is 11.0 Å². The molecule has 1 aromatic carbocycles. The number of nitrogens with zero attached hydrogens (tertiary/aromatic N) is 1. The first kappa shape index (κ1) is 13.0. The monoisotopic (exact) mass is 246 g/mol. The Bertz CT molecular complexity index is 417. The molecule has 0 aromatic heterocycles. The Morgan fingerprint density at radius 1 is 1.18 bits per heavy atom. The topological polar surface area (TPSA) is 49.4 Å². The van der Waals surface area contributed by atoms with Gasteiger partial charge in [-0.2, -0.15) is 13.2 Å². The molecule has 0 atom stereocenters. The van der Waals surface area contributed by atoms with Crippen LogP contribution in [-0.2, 0) is 9.59 Å². The predicted octanol–water partition coefficient (Wildman–Crippen LogP) is 1.29. The highest BCUT2D eigenvalue weighted by molar-refractivity contribution is 6.40. The number of amides is 2. The second-order valence-electron chi connectivity index (χ2n) is 3.15. The number of carbonyl (C=O) groups excluding carboxylic acids is 2. The summed E-state index contributed by atoms with van der Waals surface area (Å²) in [6, 6.07) is 7.87. The number of carbonyl (C=O) groups is 2. The normalized spacial score (nSPS) is 10.8. The van der Waals surface area contributed by atoms with Gasteiger partial charge in [-0.3, -0.25) is 14.9 Å². The summed E-state index contributed by atoms with van der Waals surface area (Å²) in [6.07, 6.45) is -4.91. The quantitative estimate of drug-likeness (QED) is 0.599. The number of hydrogen-bond acceptors (Lipinski definition) is 2. The van der Waals surface area contributed by atoms with Crippen molar-refractivity contribution in [2.24, 2.45) is 0 Å². The maximum absolute atomic E-state index is 11.8. The Balaban J connectivity index is 2.74. The first-order valence-corrected chi connectivity index (χ1v) is 4.53. The molecule has 4 nitrogen and oxygen atoms in total. The summed E-state index contributed by atoms with van der Waals surface area (Å²) in [5, 5.41) is 0.639. The van der Waals surface area contributed by atoms with Gasteiger partial charge >= 0.3 is 18.1 Å². The molecule has 1 N–H and O–H groups in total. The fourth-order valence-corrected chi connectivity index (χ4v) is 1.10. The van der Waals surface area contributed by atoms with E-state index in [4.69, 9.17) is 0 Å². The zero-order valence-corrected chi connectivity index (χ0v) is 8.78. The lowest BCUT2D eigenvalue weighted by atomic mass is 10.3. The molecule has 0 unspecified atom stereocenters. The highest BCUT2D eigenvalue weighted by atomic mass is 19.4. The van der Waals surface area contributed by atoms with E-state index in [1.54, 1.807) is 18.2 Å². The lowest BCUT2D eigenvalue weighted by Crippen LogP contribution is -2.46. The second kappa shape index (κ2) is 4.86. The molecule has 0 aliphatic carbocycles. The van der Waals surface area contributed by atoms with Gasteiger partial charge in [0.25, 0.3) is 0 Å². The Morgan fingerprint density at radius 3 is 2.18 bits per heavy atom. The molecule has 2 amide bonds. The van der Waals surface area contributed by atoms with Crippen molar-refractivity contribution >= 4 is 17.5 Å². The van der Waals surface area contributed by atoms with Crippen LogP contribution in [0.25, 0.3) is 0 Å². The van der Waals surface area contributed by atoms with Crippen LogP contribution in [-0.4, -0.2) is 25.2 Å². The van der Waals surface area contributed by atoms with Crippen molar-refractivity contribution in [3.05, 3.63) is 30.3 Å². The number of likely N-dealkylation sites (N-methyl/N-ethyl adjacent to an activating group) is 1. The lowest BCUT2D eigenvalue weighted by Gasteiger charge is -2.17. The minimum Gasteiger partial charge on any atom is -0.307 e. The van der Waals surface area contributed by atoms with Crippen molar-refractivity contribution in [2.75, 3.05) is 11.9 Å². The Kier molecular flexibility index (Phi) is 3.72. The van der Waals surface area contributed by atoms with E-state index in [1.807, 2.05) is 0 Å². The van der Waals surface area contributed by atoms with Crippen LogP contribution < -0.4 is 10.2 Å². The maximum atomic E-state index is 11.8. The van der Waals surface area contributed by atoms with Crippen LogP contribution in [0.1, 0.15) is 0 Å². The van der Waals surface area contributed by atoms with Gasteiger partial charge in [0.05, 0.1) is 0 Å². The molecular weight excluding hydrogens is 237 g/mol. The van der Waals surface area contributed by atoms with Gasteiger partial charge in [0, 0.05) is 12.7 Å². The molecular formula is C10H9F3N2O2. The van der Waals surface area contributed by atoms with Crippen LogP contribution in [0, 0.1) is 0 Å². The second-order valence-corrected chi connectivity index (χ2v) is 3.15. The summed E-state index contributed by atoms with van der Waals surface area (Å²) >= 11 is 0. The number of anilines is 1. The van der Waals surface area contributed by atoms with Crippen LogP contribution in [0.4, 0.5) is 18.9 Å². The van der Waals surface area contributed by atoms with Gasteiger partial charge in [0.15, 0.2) is 0 Å². The van der Waals surface area contributed by atoms with E-state index < -0.39 is 18.1 Å². The van der Waals surface area contributed by atoms with Gasteiger partial charge in [0.1, 0.15) is 0 Å². The summed E-state index contributed by atoms with van der Waals surface area (Å²) in [4.78, 5) is 23.1. The van der Waals surface area contributed by atoms with E-state index in [-0.39, 0.29) is 0 Å². The summed E-state index contributed by atoms with van der Waals surface area (Å²) in [6.45, 7) is 0. The maximum Gasteiger partial charge on any atom is 0.484 e. The lowest BCUT2D eigenvalue weighted by molar-refractivity contribution is -0.172. The van der Waals surface area contributed by atoms with Crippen LogP contribution >= 0.6 is 0 Å². The van der Waals surface area contributed by atoms with Crippen LogP contribution in [0.2, 0.25) is 0 Å². The van der Waals surface area contributed by atoms with Gasteiger partial charge < -0.3 is 4.90 Å². The SMILES string of the molecule is CN(C(=O)C(=O)NC(F)(F)F)c1ccccc1. The number of halogens is 3. The fraction of sp³-hybridized carbons (Fsp3) is 0.200. The summed E-state index contributed by atoms with van der Waals surface area (Å²) in [5.41, 5.74) is 0.329. The van der Waals surface area contributed by atoms with Crippen molar-refractivity contribution in [2.45, 2.75) is 6.30 Å². The molecule has 92 valence electrons. The molecule has 17 heavy (non-hydrogen) atoms. The highest BCUT2D eigenvalue weighted by Gasteiger charge is 2.34. The van der Waals surface area contributed by atoms with E-state index >= 15 is 0 Å². The van der Waals surface area contributed by atoms with E-state index in [1.165, 1.54) is 19.2 Å². The number of benzene rings is 1. The number of para-hydroxylation sites is 1. The standard InChI is InChI=1S/C10H9F3N2O2/c1-15(7-5-3-2-4-6-7)9(17)8(16)14-10(11,12)13/h2-6H,1H3,(H,14,16). The minimum absolute atomic E-state index is 0.329. The molecule has 0 saturated carbocycles. The third kappa shape index (κ3) is 3.78. The Hall–Kier alpha value is -2.05. The molecule has 1 aromatic rings. The zero-order chi connectivity index (χ0) is 13.1. The predicted molar refractivity (Wildman–Crippen MR) is 54.0 cm³/mol. The van der Waals surface area contributed by atoms with Gasteiger partial charge in [-0.25, -0.2) is 0 Å². The van der Waals surface area contributed by atoms with Crippen molar-refractivity contribution in [3.8, 4) is 0 Å². The summed E-state index contributed by atoms with van der Waals surface area (Å²) < 4.78 is 35.5. The molecule has 0 radical (unpaired) electrons. The molecule has 0 aliphatic heterocycles. The van der Waals surface area contributed by atoms with Gasteiger partial charge in [-0.15, -0.1) is 0 Å². The molecule has 0 saturated heterocycles. The molecule has 7 heteroatoms. The highest BCUT2D eigenvalue weighted by Crippen LogP contribution is 2.13. The molecule has 0 heterocycles. The molecule has 0 aliphatic rings. The van der Waals surface area contributed by atoms with Crippen LogP contribution in [0.5, 0.6) is 0 Å². The smallest absolute Gasteiger partial charge is 0.307 e. The largest absolute Gasteiger partial charge is 0.484 e. The van der Waals surface area contributed by atoms with Gasteiger partial charge in [-0.1, -0.05) is 18.2 Å². The number of hydrogen-bond donors (Lipinski definition) is 1. The number of rotatable bonds is 1. The van der Waals surface area contributed by atoms with E-state index in [9.17, 15) is 22.8 Å². The first-order valence-electron chi connectivity index (χ1n) is 4.53. The van der Waals surface area contributed by atoms with Gasteiger partial charge in [-0.05, 0) is 12.1 Å². The molecule has 1 rings (SSSR count). The molecule has 0 spiro atoms. The number of alkyl halides is 3. The third-order valence-electron chi connectivity index (χ3n) is 1.90. The fourth-order valence-electron chi connectivity index (χ4n) is 1.10. The summed E-state index contributed by atoms with van der Waals surface area (Å²) in [5.74, 6) is -3.00. The third-order valence-corrected chi connectivity index (χ3v) is 1.90. The van der Waals surface area contributed by atoms with Crippen LogP contribution in [0.3, 0.4) is 0 Å². The minimum atomic E-state index is -4.91. The van der Waals surface area contributed by atoms with Crippen LogP contribution in [0.15, 0.2) is 30.3 Å². The average molecular weight is 246 g/mol. The summed E-state index contributed by atoms with van der Waals surface area (Å²) in [7, 11) is 1.22. The van der Waals surface area contributed by atoms with Crippen molar-refractivity contribution in [1.29, 1.82) is 0 Å². The molecule has 0 fully saturated rings. The first-order chi connectivity index (χ1) is 7.81. The van der Waals surface area contributed by atoms with E-state index in [0.717, 1.165) is 4.90 Å². The Morgan fingerprint density at radius 2 is 1.71 bits per heavy atom. The van der Waals surface area contributed by atoms with Crippen molar-refractivity contribution < 1.29 is 22.8 Å². The number of nitrogens with one attached hydrogen (secondary N) is 1.